The molecule has 0 saturated heterocycles. The van der Waals surface area contributed by atoms with Gasteiger partial charge < -0.3 is 5.32 Å². The number of nitrogens with one attached hydrogen (secondary N) is 3. The molecule has 0 aromatic carbocycles. The first kappa shape index (κ1) is 15.1. The number of hydrogen-bond acceptors (Lipinski definition) is 3. The Morgan fingerprint density at radius 3 is 2.50 bits per heavy atom. The molecule has 3 heteroatoms. The highest BCUT2D eigenvalue weighted by atomic mass is 15.4. The molecule has 0 spiro atoms. The summed E-state index contributed by atoms with van der Waals surface area (Å²) in [6.07, 6.45) is 8.00. The Morgan fingerprint density at radius 2 is 2.06 bits per heavy atom. The lowest BCUT2D eigenvalue weighted by Gasteiger charge is -2.25. The van der Waals surface area contributed by atoms with Crippen molar-refractivity contribution in [2.45, 2.75) is 31.8 Å². The number of hydrogen-bond donors (Lipinski definition) is 3. The van der Waals surface area contributed by atoms with Crippen LogP contribution in [0.3, 0.4) is 0 Å². The lowest BCUT2D eigenvalue weighted by Crippen LogP contribution is -2.49. The minimum Gasteiger partial charge on any atom is -0.312 e. The molecule has 16 heavy (non-hydrogen) atoms. The Hall–Kier alpha value is -0.900. The fourth-order valence-electron chi connectivity index (χ4n) is 1.67. The third-order valence-corrected chi connectivity index (χ3v) is 2.53. The van der Waals surface area contributed by atoms with Crippen LogP contribution in [0.25, 0.3) is 0 Å². The van der Waals surface area contributed by atoms with E-state index < -0.39 is 0 Å². The van der Waals surface area contributed by atoms with E-state index in [1.54, 1.807) is 0 Å². The van der Waals surface area contributed by atoms with Gasteiger partial charge in [0.1, 0.15) is 0 Å². The van der Waals surface area contributed by atoms with E-state index in [9.17, 15) is 0 Å². The number of likely N-dealkylation sites (N-methyl/N-ethyl adjacent to an activating group) is 1. The molecule has 0 fully saturated rings. The van der Waals surface area contributed by atoms with Crippen LogP contribution in [-0.2, 0) is 0 Å². The molecule has 0 aliphatic rings. The zero-order chi connectivity index (χ0) is 12.4. The Morgan fingerprint density at radius 1 is 1.38 bits per heavy atom. The monoisotopic (exact) mass is 223 g/mol. The standard InChI is InChI=1S/C13H25N3/c1-6-8-11(3)9-10-13(16-15-5)12(7-2)14-4/h6-8,12-16H,2-3,9-10H2,1,4-5H3/b8-6-. The van der Waals surface area contributed by atoms with E-state index in [0.717, 1.165) is 18.4 Å². The first-order valence-corrected chi connectivity index (χ1v) is 5.72. The van der Waals surface area contributed by atoms with Gasteiger partial charge in [0.15, 0.2) is 0 Å². The molecule has 0 aliphatic heterocycles. The summed E-state index contributed by atoms with van der Waals surface area (Å²) in [5, 5.41) is 3.22. The maximum atomic E-state index is 4.01. The van der Waals surface area contributed by atoms with Crippen LogP contribution in [0.2, 0.25) is 0 Å². The van der Waals surface area contributed by atoms with E-state index in [1.165, 1.54) is 0 Å². The van der Waals surface area contributed by atoms with E-state index in [1.807, 2.05) is 33.2 Å². The maximum absolute atomic E-state index is 4.01. The third-order valence-electron chi connectivity index (χ3n) is 2.53. The van der Waals surface area contributed by atoms with Crippen LogP contribution < -0.4 is 16.2 Å². The quantitative estimate of drug-likeness (QED) is 0.317. The minimum absolute atomic E-state index is 0.255. The first-order chi connectivity index (χ1) is 7.69. The largest absolute Gasteiger partial charge is 0.312 e. The smallest absolute Gasteiger partial charge is 0.0414 e. The van der Waals surface area contributed by atoms with E-state index >= 15 is 0 Å². The van der Waals surface area contributed by atoms with Crippen molar-refractivity contribution in [1.82, 2.24) is 16.2 Å². The van der Waals surface area contributed by atoms with Gasteiger partial charge in [-0.25, -0.2) is 0 Å². The normalized spacial score (nSPS) is 14.9. The van der Waals surface area contributed by atoms with Crippen LogP contribution >= 0.6 is 0 Å². The zero-order valence-electron chi connectivity index (χ0n) is 10.7. The molecule has 0 bridgehead atoms. The zero-order valence-corrected chi connectivity index (χ0v) is 10.7. The van der Waals surface area contributed by atoms with E-state index in [2.05, 4.69) is 35.4 Å². The van der Waals surface area contributed by atoms with Crippen molar-refractivity contribution in [3.63, 3.8) is 0 Å². The van der Waals surface area contributed by atoms with Crippen molar-refractivity contribution < 1.29 is 0 Å². The number of rotatable bonds is 9. The molecule has 2 unspecified atom stereocenters. The Bertz CT molecular complexity index is 233. The molecule has 0 aromatic rings. The topological polar surface area (TPSA) is 36.1 Å². The summed E-state index contributed by atoms with van der Waals surface area (Å²) in [7, 11) is 3.82. The Balaban J connectivity index is 4.21. The second-order valence-electron chi connectivity index (χ2n) is 3.75. The van der Waals surface area contributed by atoms with E-state index in [-0.39, 0.29) is 6.04 Å². The van der Waals surface area contributed by atoms with Gasteiger partial charge in [-0.1, -0.05) is 30.4 Å². The summed E-state index contributed by atoms with van der Waals surface area (Å²) >= 11 is 0. The molecule has 0 aliphatic carbocycles. The first-order valence-electron chi connectivity index (χ1n) is 5.72. The van der Waals surface area contributed by atoms with Gasteiger partial charge in [0.05, 0.1) is 0 Å². The van der Waals surface area contributed by atoms with Gasteiger partial charge in [0.25, 0.3) is 0 Å². The Kier molecular flexibility index (Phi) is 8.81. The molecule has 0 heterocycles. The number of hydrazine groups is 1. The molecule has 3 nitrogen and oxygen atoms in total. The number of allylic oxidation sites excluding steroid dienone is 3. The second kappa shape index (κ2) is 9.33. The van der Waals surface area contributed by atoms with Crippen LogP contribution in [0, 0.1) is 0 Å². The van der Waals surface area contributed by atoms with Crippen LogP contribution in [0.15, 0.2) is 37.0 Å². The molecule has 3 N–H and O–H groups in total. The fraction of sp³-hybridized carbons (Fsp3) is 0.538. The lowest BCUT2D eigenvalue weighted by molar-refractivity contribution is 0.378. The third kappa shape index (κ3) is 5.85. The van der Waals surface area contributed by atoms with E-state index in [0.29, 0.717) is 6.04 Å². The Labute approximate surface area is 99.7 Å². The van der Waals surface area contributed by atoms with Crippen molar-refractivity contribution in [3.8, 4) is 0 Å². The predicted molar refractivity (Wildman–Crippen MR) is 72.2 cm³/mol. The van der Waals surface area contributed by atoms with Crippen molar-refractivity contribution >= 4 is 0 Å². The molecule has 92 valence electrons. The summed E-state index contributed by atoms with van der Waals surface area (Å²) in [5.74, 6) is 0. The molecular formula is C13H25N3. The molecular weight excluding hydrogens is 198 g/mol. The summed E-state index contributed by atoms with van der Waals surface area (Å²) in [5.41, 5.74) is 7.38. The van der Waals surface area contributed by atoms with Gasteiger partial charge >= 0.3 is 0 Å². The van der Waals surface area contributed by atoms with Crippen molar-refractivity contribution in [2.24, 2.45) is 0 Å². The van der Waals surface area contributed by atoms with Gasteiger partial charge in [0.2, 0.25) is 0 Å². The fourth-order valence-corrected chi connectivity index (χ4v) is 1.67. The van der Waals surface area contributed by atoms with Crippen LogP contribution in [-0.4, -0.2) is 26.2 Å². The summed E-state index contributed by atoms with van der Waals surface area (Å²) in [4.78, 5) is 0. The molecule has 0 amide bonds. The SMILES string of the molecule is C=CC(NC)C(CCC(=C)/C=C\C)NNC. The highest BCUT2D eigenvalue weighted by Crippen LogP contribution is 2.09. The van der Waals surface area contributed by atoms with E-state index in [4.69, 9.17) is 0 Å². The average molecular weight is 223 g/mol. The van der Waals surface area contributed by atoms with Gasteiger partial charge in [0, 0.05) is 12.1 Å². The highest BCUT2D eigenvalue weighted by molar-refractivity contribution is 5.14. The molecule has 0 aromatic heterocycles. The summed E-state index contributed by atoms with van der Waals surface area (Å²) < 4.78 is 0. The molecule has 0 rings (SSSR count). The molecule has 0 saturated carbocycles. The molecule has 2 atom stereocenters. The maximum Gasteiger partial charge on any atom is 0.0414 e. The van der Waals surface area contributed by atoms with Crippen molar-refractivity contribution in [2.75, 3.05) is 14.1 Å². The van der Waals surface area contributed by atoms with Crippen LogP contribution in [0.5, 0.6) is 0 Å². The highest BCUT2D eigenvalue weighted by Gasteiger charge is 2.15. The average Bonchev–Trinajstić information content (AvgIpc) is 2.28. The van der Waals surface area contributed by atoms with Crippen LogP contribution in [0.4, 0.5) is 0 Å². The van der Waals surface area contributed by atoms with Crippen molar-refractivity contribution in [3.05, 3.63) is 37.0 Å². The second-order valence-corrected chi connectivity index (χ2v) is 3.75. The summed E-state index contributed by atoms with van der Waals surface area (Å²) in [6, 6.07) is 0.570. The van der Waals surface area contributed by atoms with Gasteiger partial charge in [-0.05, 0) is 33.9 Å². The summed E-state index contributed by atoms with van der Waals surface area (Å²) in [6.45, 7) is 9.85. The molecule has 0 radical (unpaired) electrons. The van der Waals surface area contributed by atoms with Gasteiger partial charge in [-0.2, -0.15) is 0 Å². The predicted octanol–water partition coefficient (Wildman–Crippen LogP) is 1.77. The lowest BCUT2D eigenvalue weighted by atomic mass is 10.0. The van der Waals surface area contributed by atoms with Gasteiger partial charge in [-0.15, -0.1) is 6.58 Å². The van der Waals surface area contributed by atoms with Gasteiger partial charge in [-0.3, -0.25) is 10.9 Å². The van der Waals surface area contributed by atoms with Crippen LogP contribution in [0.1, 0.15) is 19.8 Å². The minimum atomic E-state index is 0.255. The van der Waals surface area contributed by atoms with Crippen molar-refractivity contribution in [1.29, 1.82) is 0 Å².